The van der Waals surface area contributed by atoms with Gasteiger partial charge in [-0.3, -0.25) is 14.8 Å². The Morgan fingerprint density at radius 2 is 1.69 bits per heavy atom. The molecule has 0 aliphatic heterocycles. The molecular weight excluding hydrogens is 442 g/mol. The van der Waals surface area contributed by atoms with E-state index in [4.69, 9.17) is 9.94 Å². The first-order valence-corrected chi connectivity index (χ1v) is 11.5. The lowest BCUT2D eigenvalue weighted by Gasteiger charge is -2.28. The molecule has 2 amide bonds. The molecule has 0 spiro atoms. The van der Waals surface area contributed by atoms with Gasteiger partial charge in [0, 0.05) is 24.0 Å². The lowest BCUT2D eigenvalue weighted by molar-refractivity contribution is -0.118. The van der Waals surface area contributed by atoms with E-state index in [-0.39, 0.29) is 17.9 Å². The van der Waals surface area contributed by atoms with Gasteiger partial charge in [0.05, 0.1) is 5.57 Å². The molecule has 0 bridgehead atoms. The Kier molecular flexibility index (Phi) is 8.63. The predicted octanol–water partition coefficient (Wildman–Crippen LogP) is 4.13. The molecule has 0 saturated carbocycles. The van der Waals surface area contributed by atoms with Crippen LogP contribution in [-0.2, 0) is 4.79 Å². The van der Waals surface area contributed by atoms with Crippen LogP contribution in [0.3, 0.4) is 0 Å². The molecule has 0 aliphatic rings. The topological polar surface area (TPSA) is 90.9 Å². The third kappa shape index (κ3) is 7.40. The van der Waals surface area contributed by atoms with Crippen molar-refractivity contribution < 1.29 is 19.5 Å². The number of rotatable bonds is 10. The molecule has 7 nitrogen and oxygen atoms in total. The molecular formula is C28H33N3O4. The van der Waals surface area contributed by atoms with Crippen LogP contribution >= 0.6 is 0 Å². The summed E-state index contributed by atoms with van der Waals surface area (Å²) >= 11 is 0. The number of nitrogens with zero attached hydrogens (tertiary/aromatic N) is 1. The number of hydroxylamine groups is 1. The smallest absolute Gasteiger partial charge is 0.274 e. The first-order chi connectivity index (χ1) is 16.7. The second-order valence-corrected chi connectivity index (χ2v) is 9.58. The fourth-order valence-corrected chi connectivity index (χ4v) is 3.99. The first-order valence-electron chi connectivity index (χ1n) is 11.5. The summed E-state index contributed by atoms with van der Waals surface area (Å²) in [4.78, 5) is 26.9. The maximum absolute atomic E-state index is 13.2. The Morgan fingerprint density at radius 3 is 2.37 bits per heavy atom. The summed E-state index contributed by atoms with van der Waals surface area (Å²) < 4.78 is 6.12. The van der Waals surface area contributed by atoms with Crippen molar-refractivity contribution >= 4 is 28.7 Å². The zero-order valence-corrected chi connectivity index (χ0v) is 20.7. The van der Waals surface area contributed by atoms with Gasteiger partial charge in [0.15, 0.2) is 0 Å². The Balaban J connectivity index is 1.83. The molecule has 0 aliphatic carbocycles. The minimum atomic E-state index is -0.596. The minimum Gasteiger partial charge on any atom is -0.488 e. The fraction of sp³-hybridized carbons (Fsp3) is 0.286. The summed E-state index contributed by atoms with van der Waals surface area (Å²) in [5, 5.41) is 13.9. The molecule has 7 heteroatoms. The summed E-state index contributed by atoms with van der Waals surface area (Å²) in [6, 6.07) is 20.4. The van der Waals surface area contributed by atoms with Crippen LogP contribution in [0.25, 0.3) is 16.8 Å². The molecule has 3 N–H and O–H groups in total. The average Bonchev–Trinajstić information content (AvgIpc) is 2.84. The molecule has 0 radical (unpaired) electrons. The summed E-state index contributed by atoms with van der Waals surface area (Å²) in [6.07, 6.45) is 1.75. The molecule has 0 saturated heterocycles. The second-order valence-electron chi connectivity index (χ2n) is 9.58. The Bertz CT molecular complexity index is 1200. The number of carbonyl (C=O) groups is 2. The monoisotopic (exact) mass is 475 g/mol. The van der Waals surface area contributed by atoms with E-state index in [9.17, 15) is 9.59 Å². The van der Waals surface area contributed by atoms with Crippen molar-refractivity contribution in [1.82, 2.24) is 15.7 Å². The van der Waals surface area contributed by atoms with Crippen molar-refractivity contribution in [3.63, 3.8) is 0 Å². The third-order valence-electron chi connectivity index (χ3n) is 5.51. The van der Waals surface area contributed by atoms with Gasteiger partial charge < -0.3 is 15.0 Å². The highest BCUT2D eigenvalue weighted by Gasteiger charge is 2.21. The maximum atomic E-state index is 13.2. The summed E-state index contributed by atoms with van der Waals surface area (Å²) in [7, 11) is 4.02. The van der Waals surface area contributed by atoms with Gasteiger partial charge in [-0.2, -0.15) is 0 Å². The van der Waals surface area contributed by atoms with Crippen molar-refractivity contribution in [1.29, 1.82) is 0 Å². The molecule has 0 aromatic heterocycles. The van der Waals surface area contributed by atoms with E-state index in [1.54, 1.807) is 35.8 Å². The lowest BCUT2D eigenvalue weighted by atomic mass is 9.93. The minimum absolute atomic E-state index is 0.0762. The average molecular weight is 476 g/mol. The SMILES string of the molecule is CN(C)CC(C)(C)CNC(=O)/C(=C/c1ccc(C(=O)NO)cc1)COc1cccc2ccccc12. The molecule has 35 heavy (non-hydrogen) atoms. The van der Waals surface area contributed by atoms with Gasteiger partial charge in [0.25, 0.3) is 11.8 Å². The molecule has 0 unspecified atom stereocenters. The fourth-order valence-electron chi connectivity index (χ4n) is 3.99. The van der Waals surface area contributed by atoms with Gasteiger partial charge in [-0.1, -0.05) is 62.4 Å². The molecule has 3 aromatic rings. The van der Waals surface area contributed by atoms with Gasteiger partial charge in [0.1, 0.15) is 12.4 Å². The van der Waals surface area contributed by atoms with Gasteiger partial charge in [-0.15, -0.1) is 0 Å². The first kappa shape index (κ1) is 25.9. The standard InChI is InChI=1S/C28H33N3O4/c1-28(2,19-31(3)4)18-29-26(32)23(16-20-12-14-22(15-13-20)27(33)30-34)17-35-25-11-7-9-21-8-5-6-10-24(21)25/h5-16,34H,17-19H2,1-4H3,(H,29,32)(H,30,33)/b23-16+. The van der Waals surface area contributed by atoms with E-state index in [1.807, 2.05) is 56.6 Å². The normalized spacial score (nSPS) is 12.0. The molecule has 184 valence electrons. The Labute approximate surface area is 206 Å². The van der Waals surface area contributed by atoms with Gasteiger partial charge in [0.2, 0.25) is 0 Å². The van der Waals surface area contributed by atoms with E-state index < -0.39 is 5.91 Å². The zero-order valence-electron chi connectivity index (χ0n) is 20.7. The number of benzene rings is 3. The van der Waals surface area contributed by atoms with Crippen LogP contribution in [0.5, 0.6) is 5.75 Å². The molecule has 3 aromatic carbocycles. The van der Waals surface area contributed by atoms with Gasteiger partial charge in [-0.05, 0) is 54.7 Å². The largest absolute Gasteiger partial charge is 0.488 e. The zero-order chi connectivity index (χ0) is 25.4. The van der Waals surface area contributed by atoms with Crippen LogP contribution in [0, 0.1) is 5.41 Å². The van der Waals surface area contributed by atoms with Crippen molar-refractivity contribution in [3.05, 3.63) is 83.4 Å². The van der Waals surface area contributed by atoms with Gasteiger partial charge in [-0.25, -0.2) is 5.48 Å². The maximum Gasteiger partial charge on any atom is 0.274 e. The van der Waals surface area contributed by atoms with Crippen LogP contribution in [0.1, 0.15) is 29.8 Å². The van der Waals surface area contributed by atoms with Crippen LogP contribution in [0.2, 0.25) is 0 Å². The van der Waals surface area contributed by atoms with E-state index in [2.05, 4.69) is 24.1 Å². The van der Waals surface area contributed by atoms with E-state index in [0.717, 1.165) is 22.9 Å². The highest BCUT2D eigenvalue weighted by atomic mass is 16.5. The van der Waals surface area contributed by atoms with E-state index in [1.165, 1.54) is 0 Å². The summed E-state index contributed by atoms with van der Waals surface area (Å²) in [5.74, 6) is -0.111. The highest BCUT2D eigenvalue weighted by Crippen LogP contribution is 2.26. The van der Waals surface area contributed by atoms with Crippen LogP contribution in [0.4, 0.5) is 0 Å². The van der Waals surface area contributed by atoms with Crippen molar-refractivity contribution in [2.24, 2.45) is 5.41 Å². The Hall–Kier alpha value is -3.68. The van der Waals surface area contributed by atoms with E-state index >= 15 is 0 Å². The number of ether oxygens (including phenoxy) is 1. The Morgan fingerprint density at radius 1 is 1.00 bits per heavy atom. The van der Waals surface area contributed by atoms with Crippen LogP contribution < -0.4 is 15.5 Å². The molecule has 3 rings (SSSR count). The number of nitrogens with one attached hydrogen (secondary N) is 2. The quantitative estimate of drug-likeness (QED) is 0.233. The molecule has 0 fully saturated rings. The van der Waals surface area contributed by atoms with Crippen molar-refractivity contribution in [2.45, 2.75) is 13.8 Å². The van der Waals surface area contributed by atoms with Gasteiger partial charge >= 0.3 is 0 Å². The number of hydrogen-bond donors (Lipinski definition) is 3. The lowest BCUT2D eigenvalue weighted by Crippen LogP contribution is -2.40. The van der Waals surface area contributed by atoms with E-state index in [0.29, 0.717) is 23.4 Å². The number of amides is 2. The van der Waals surface area contributed by atoms with Crippen molar-refractivity contribution in [2.75, 3.05) is 33.8 Å². The second kappa shape index (κ2) is 11.6. The number of fused-ring (bicyclic) bond motifs is 1. The van der Waals surface area contributed by atoms with Crippen LogP contribution in [-0.4, -0.2) is 55.7 Å². The summed E-state index contributed by atoms with van der Waals surface area (Å²) in [5.41, 5.74) is 3.01. The molecule has 0 heterocycles. The third-order valence-corrected chi connectivity index (χ3v) is 5.51. The predicted molar refractivity (Wildman–Crippen MR) is 138 cm³/mol. The van der Waals surface area contributed by atoms with Crippen molar-refractivity contribution in [3.8, 4) is 5.75 Å². The summed E-state index contributed by atoms with van der Waals surface area (Å²) in [6.45, 7) is 5.62. The molecule has 0 atom stereocenters. The number of hydrogen-bond acceptors (Lipinski definition) is 5. The van der Waals surface area contributed by atoms with Crippen LogP contribution in [0.15, 0.2) is 72.3 Å². The highest BCUT2D eigenvalue weighted by molar-refractivity contribution is 5.99. The number of carbonyl (C=O) groups excluding carboxylic acids is 2.